The Balaban J connectivity index is 1.95. The summed E-state index contributed by atoms with van der Waals surface area (Å²) in [5.41, 5.74) is 1.01. The van der Waals surface area contributed by atoms with Gasteiger partial charge >= 0.3 is 0 Å². The fourth-order valence-electron chi connectivity index (χ4n) is 1.86. The van der Waals surface area contributed by atoms with E-state index in [1.54, 1.807) is 6.20 Å². The van der Waals surface area contributed by atoms with Gasteiger partial charge in [0, 0.05) is 17.9 Å². The molecule has 2 rings (SSSR count). The monoisotopic (exact) mass is 206 g/mol. The normalized spacial score (nSPS) is 22.1. The molecule has 1 aliphatic rings. The third kappa shape index (κ3) is 3.16. The molecule has 2 N–H and O–H groups in total. The van der Waals surface area contributed by atoms with E-state index in [1.807, 2.05) is 13.0 Å². The van der Waals surface area contributed by atoms with Crippen LogP contribution < -0.4 is 10.6 Å². The van der Waals surface area contributed by atoms with Gasteiger partial charge in [-0.05, 0) is 45.3 Å². The predicted octanol–water partition coefficient (Wildman–Crippen LogP) is 1.34. The molecule has 4 nitrogen and oxygen atoms in total. The molecule has 1 aliphatic heterocycles. The van der Waals surface area contributed by atoms with Crippen LogP contribution in [0.1, 0.15) is 25.0 Å². The van der Waals surface area contributed by atoms with Crippen molar-refractivity contribution in [1.29, 1.82) is 0 Å². The molecule has 1 unspecified atom stereocenters. The molecule has 15 heavy (non-hydrogen) atoms. The Morgan fingerprint density at radius 1 is 1.40 bits per heavy atom. The van der Waals surface area contributed by atoms with Gasteiger partial charge in [0.2, 0.25) is 5.95 Å². The highest BCUT2D eigenvalue weighted by Gasteiger charge is 2.12. The Morgan fingerprint density at radius 2 is 2.33 bits per heavy atom. The number of nitrogens with zero attached hydrogens (tertiary/aromatic N) is 2. The Bertz CT molecular complexity index is 305. The summed E-state index contributed by atoms with van der Waals surface area (Å²) in [6.07, 6.45) is 5.38. The minimum Gasteiger partial charge on any atom is -0.351 e. The third-order valence-corrected chi connectivity index (χ3v) is 2.70. The van der Waals surface area contributed by atoms with Gasteiger partial charge in [-0.25, -0.2) is 9.97 Å². The number of nitrogens with one attached hydrogen (secondary N) is 2. The number of aryl methyl sites for hydroxylation is 1. The minimum absolute atomic E-state index is 0.516. The molecular weight excluding hydrogens is 188 g/mol. The van der Waals surface area contributed by atoms with Crippen molar-refractivity contribution >= 4 is 5.95 Å². The fraction of sp³-hybridized carbons (Fsp3) is 0.636. The van der Waals surface area contributed by atoms with Crippen LogP contribution in [-0.4, -0.2) is 29.1 Å². The molecule has 2 heterocycles. The smallest absolute Gasteiger partial charge is 0.223 e. The lowest BCUT2D eigenvalue weighted by Gasteiger charge is -2.15. The highest BCUT2D eigenvalue weighted by atomic mass is 15.1. The quantitative estimate of drug-likeness (QED) is 0.766. The number of aromatic nitrogens is 2. The van der Waals surface area contributed by atoms with Gasteiger partial charge in [0.05, 0.1) is 0 Å². The van der Waals surface area contributed by atoms with E-state index >= 15 is 0 Å². The van der Waals surface area contributed by atoms with Crippen molar-refractivity contribution in [2.45, 2.75) is 32.2 Å². The molecule has 0 spiro atoms. The summed E-state index contributed by atoms with van der Waals surface area (Å²) in [7, 11) is 0. The summed E-state index contributed by atoms with van der Waals surface area (Å²) in [5, 5.41) is 6.79. The molecule has 0 bridgehead atoms. The molecule has 1 fully saturated rings. The molecule has 0 radical (unpaired) electrons. The summed E-state index contributed by atoms with van der Waals surface area (Å²) < 4.78 is 0. The van der Waals surface area contributed by atoms with Gasteiger partial charge in [-0.15, -0.1) is 0 Å². The maximum absolute atomic E-state index is 4.36. The second-order valence-electron chi connectivity index (χ2n) is 4.04. The Morgan fingerprint density at radius 3 is 3.20 bits per heavy atom. The Hall–Kier alpha value is -1.16. The van der Waals surface area contributed by atoms with E-state index < -0.39 is 0 Å². The van der Waals surface area contributed by atoms with Crippen molar-refractivity contribution in [3.8, 4) is 0 Å². The topological polar surface area (TPSA) is 49.8 Å². The molecule has 1 atom stereocenters. The standard InChI is InChI=1S/C11H18N4/c1-9-4-8-13-11(14-9)15-10-3-2-6-12-7-5-10/h4,8,10,12H,2-3,5-7H2,1H3,(H,13,14,15). The Kier molecular flexibility index (Phi) is 3.50. The van der Waals surface area contributed by atoms with Crippen LogP contribution >= 0.6 is 0 Å². The summed E-state index contributed by atoms with van der Waals surface area (Å²) in [6.45, 7) is 4.21. The summed E-state index contributed by atoms with van der Waals surface area (Å²) in [5.74, 6) is 0.766. The predicted molar refractivity (Wildman–Crippen MR) is 60.9 cm³/mol. The van der Waals surface area contributed by atoms with Crippen LogP contribution in [0.2, 0.25) is 0 Å². The molecule has 1 saturated heterocycles. The van der Waals surface area contributed by atoms with E-state index in [9.17, 15) is 0 Å². The number of anilines is 1. The highest BCUT2D eigenvalue weighted by molar-refractivity contribution is 5.26. The van der Waals surface area contributed by atoms with E-state index in [0.29, 0.717) is 6.04 Å². The van der Waals surface area contributed by atoms with Crippen LogP contribution in [0.25, 0.3) is 0 Å². The Labute approximate surface area is 90.5 Å². The van der Waals surface area contributed by atoms with E-state index in [0.717, 1.165) is 31.2 Å². The maximum atomic E-state index is 4.36. The molecule has 1 aromatic rings. The number of rotatable bonds is 2. The third-order valence-electron chi connectivity index (χ3n) is 2.70. The average molecular weight is 206 g/mol. The first-order valence-corrected chi connectivity index (χ1v) is 5.61. The molecular formula is C11H18N4. The lowest BCUT2D eigenvalue weighted by atomic mass is 10.1. The zero-order valence-electron chi connectivity index (χ0n) is 9.16. The van der Waals surface area contributed by atoms with Crippen molar-refractivity contribution in [2.24, 2.45) is 0 Å². The second-order valence-corrected chi connectivity index (χ2v) is 4.04. The lowest BCUT2D eigenvalue weighted by molar-refractivity contribution is 0.631. The van der Waals surface area contributed by atoms with Gasteiger partial charge in [-0.1, -0.05) is 0 Å². The van der Waals surface area contributed by atoms with Crippen LogP contribution in [-0.2, 0) is 0 Å². The van der Waals surface area contributed by atoms with E-state index in [1.165, 1.54) is 12.8 Å². The summed E-state index contributed by atoms with van der Waals surface area (Å²) >= 11 is 0. The molecule has 82 valence electrons. The fourth-order valence-corrected chi connectivity index (χ4v) is 1.86. The van der Waals surface area contributed by atoms with E-state index in [4.69, 9.17) is 0 Å². The van der Waals surface area contributed by atoms with Crippen molar-refractivity contribution in [1.82, 2.24) is 15.3 Å². The molecule has 0 aromatic carbocycles. The SMILES string of the molecule is Cc1ccnc(NC2CCCNCC2)n1. The van der Waals surface area contributed by atoms with Gasteiger partial charge in [0.25, 0.3) is 0 Å². The molecule has 0 saturated carbocycles. The molecule has 4 heteroatoms. The van der Waals surface area contributed by atoms with Crippen molar-refractivity contribution in [2.75, 3.05) is 18.4 Å². The molecule has 1 aromatic heterocycles. The van der Waals surface area contributed by atoms with Crippen LogP contribution in [0.3, 0.4) is 0 Å². The van der Waals surface area contributed by atoms with E-state index in [-0.39, 0.29) is 0 Å². The first-order valence-electron chi connectivity index (χ1n) is 5.61. The van der Waals surface area contributed by atoms with Crippen molar-refractivity contribution in [3.63, 3.8) is 0 Å². The second kappa shape index (κ2) is 5.07. The zero-order valence-corrected chi connectivity index (χ0v) is 9.16. The number of hydrogen-bond donors (Lipinski definition) is 2. The van der Waals surface area contributed by atoms with Gasteiger partial charge in [0.1, 0.15) is 0 Å². The first-order chi connectivity index (χ1) is 7.34. The van der Waals surface area contributed by atoms with Gasteiger partial charge in [-0.3, -0.25) is 0 Å². The summed E-state index contributed by atoms with van der Waals surface area (Å²) in [4.78, 5) is 8.58. The maximum Gasteiger partial charge on any atom is 0.223 e. The van der Waals surface area contributed by atoms with Gasteiger partial charge < -0.3 is 10.6 Å². The van der Waals surface area contributed by atoms with Crippen molar-refractivity contribution in [3.05, 3.63) is 18.0 Å². The molecule has 0 aliphatic carbocycles. The van der Waals surface area contributed by atoms with Crippen LogP contribution in [0.5, 0.6) is 0 Å². The van der Waals surface area contributed by atoms with Gasteiger partial charge in [0.15, 0.2) is 0 Å². The van der Waals surface area contributed by atoms with Crippen molar-refractivity contribution < 1.29 is 0 Å². The molecule has 0 amide bonds. The van der Waals surface area contributed by atoms with Crippen LogP contribution in [0.4, 0.5) is 5.95 Å². The summed E-state index contributed by atoms with van der Waals surface area (Å²) in [6, 6.07) is 2.43. The van der Waals surface area contributed by atoms with Crippen LogP contribution in [0.15, 0.2) is 12.3 Å². The van der Waals surface area contributed by atoms with Crippen LogP contribution in [0, 0.1) is 6.92 Å². The largest absolute Gasteiger partial charge is 0.351 e. The first kappa shape index (κ1) is 10.4. The minimum atomic E-state index is 0.516. The lowest BCUT2D eigenvalue weighted by Crippen LogP contribution is -2.22. The van der Waals surface area contributed by atoms with Gasteiger partial charge in [-0.2, -0.15) is 0 Å². The average Bonchev–Trinajstić information content (AvgIpc) is 2.46. The van der Waals surface area contributed by atoms with E-state index in [2.05, 4.69) is 20.6 Å². The number of hydrogen-bond acceptors (Lipinski definition) is 4. The highest BCUT2D eigenvalue weighted by Crippen LogP contribution is 2.10. The zero-order chi connectivity index (χ0) is 10.5.